The van der Waals surface area contributed by atoms with Gasteiger partial charge in [-0.25, -0.2) is 23.4 Å². The molecule has 33 heavy (non-hydrogen) atoms. The molecule has 0 radical (unpaired) electrons. The highest BCUT2D eigenvalue weighted by atomic mass is 32.2. The normalized spacial score (nSPS) is 18.9. The number of ether oxygens (including phenoxy) is 1. The Balaban J connectivity index is 1.93. The number of anilines is 1. The largest absolute Gasteiger partial charge is 0.417 e. The average molecular weight is 487 g/mol. The van der Waals surface area contributed by atoms with Crippen LogP contribution < -0.4 is 9.38 Å². The van der Waals surface area contributed by atoms with Crippen LogP contribution in [0.15, 0.2) is 18.3 Å². The van der Waals surface area contributed by atoms with Crippen LogP contribution in [-0.2, 0) is 25.5 Å². The molecule has 0 N–H and O–H groups in total. The maximum absolute atomic E-state index is 14.1. The average Bonchev–Trinajstić information content (AvgIpc) is 3.55. The van der Waals surface area contributed by atoms with E-state index in [4.69, 9.17) is 4.74 Å². The summed E-state index contributed by atoms with van der Waals surface area (Å²) in [4.78, 5) is 15.0. The zero-order chi connectivity index (χ0) is 24.2. The minimum atomic E-state index is -4.65. The minimum absolute atomic E-state index is 0.00389. The molecule has 3 heterocycles. The molecule has 0 amide bonds. The Hall–Kier alpha value is -2.31. The van der Waals surface area contributed by atoms with Crippen LogP contribution >= 0.6 is 0 Å². The lowest BCUT2D eigenvalue weighted by molar-refractivity contribution is -0.137. The van der Waals surface area contributed by atoms with Gasteiger partial charge in [0.15, 0.2) is 9.84 Å². The van der Waals surface area contributed by atoms with Crippen LogP contribution in [0.2, 0.25) is 0 Å². The van der Waals surface area contributed by atoms with Gasteiger partial charge < -0.3 is 9.64 Å². The van der Waals surface area contributed by atoms with Crippen molar-refractivity contribution in [3.05, 3.63) is 29.6 Å². The van der Waals surface area contributed by atoms with Crippen molar-refractivity contribution in [1.29, 1.82) is 0 Å². The Kier molecular flexibility index (Phi) is 5.69. The molecule has 12 heteroatoms. The van der Waals surface area contributed by atoms with Crippen molar-refractivity contribution in [2.24, 2.45) is 0 Å². The van der Waals surface area contributed by atoms with Crippen LogP contribution in [0.3, 0.4) is 0 Å². The molecule has 0 unspecified atom stereocenters. The Morgan fingerprint density at radius 3 is 2.24 bits per heavy atom. The molecule has 0 spiro atoms. The summed E-state index contributed by atoms with van der Waals surface area (Å²) in [7, 11) is 1.65. The van der Waals surface area contributed by atoms with Crippen molar-refractivity contribution in [3.8, 4) is 11.3 Å². The van der Waals surface area contributed by atoms with E-state index in [1.807, 2.05) is 0 Å². The maximum atomic E-state index is 14.1. The van der Waals surface area contributed by atoms with Gasteiger partial charge in [0, 0.05) is 37.2 Å². The molecule has 0 atom stereocenters. The second-order valence-electron chi connectivity index (χ2n) is 9.40. The summed E-state index contributed by atoms with van der Waals surface area (Å²) in [6, 6.07) is 2.39. The van der Waals surface area contributed by atoms with E-state index in [0.29, 0.717) is 39.1 Å². The number of pyridine rings is 1. The van der Waals surface area contributed by atoms with E-state index in [-0.39, 0.29) is 33.2 Å². The fourth-order valence-electron chi connectivity index (χ4n) is 3.89. The van der Waals surface area contributed by atoms with E-state index < -0.39 is 26.3 Å². The summed E-state index contributed by atoms with van der Waals surface area (Å²) in [5.41, 5.74) is -0.853. The highest BCUT2D eigenvalue weighted by Gasteiger charge is 2.55. The number of quaternary nitrogens is 1. The molecule has 0 aromatic carbocycles. The molecule has 2 fully saturated rings. The van der Waals surface area contributed by atoms with Gasteiger partial charge in [0.1, 0.15) is 4.75 Å². The van der Waals surface area contributed by atoms with Crippen LogP contribution in [0.5, 0.6) is 0 Å². The molecule has 8 nitrogen and oxygen atoms in total. The Labute approximate surface area is 190 Å². The van der Waals surface area contributed by atoms with Gasteiger partial charge in [0.25, 0.3) is 0 Å². The summed E-state index contributed by atoms with van der Waals surface area (Å²) in [6.07, 6.45) is -1.61. The third kappa shape index (κ3) is 4.56. The van der Waals surface area contributed by atoms with Gasteiger partial charge >= 0.3 is 6.18 Å². The van der Waals surface area contributed by atoms with Crippen LogP contribution in [0, 0.1) is 0 Å². The maximum Gasteiger partial charge on any atom is 0.417 e. The SMILES string of the molecule is C[N+](C)(C)c1cc(C(F)(F)F)c(-c2cc(C3(S(C)(=O)=O)CC3)nc(N3CCOCC3)n2)cn1. The number of nitrogens with zero attached hydrogens (tertiary/aromatic N) is 5. The van der Waals surface area contributed by atoms with Gasteiger partial charge in [0.05, 0.1) is 51.3 Å². The molecule has 1 saturated carbocycles. The van der Waals surface area contributed by atoms with Crippen LogP contribution in [0.1, 0.15) is 24.1 Å². The fourth-order valence-corrected chi connectivity index (χ4v) is 5.22. The lowest BCUT2D eigenvalue weighted by Crippen LogP contribution is -2.38. The van der Waals surface area contributed by atoms with Crippen LogP contribution in [-0.4, -0.2) is 77.1 Å². The second kappa shape index (κ2) is 7.88. The first-order chi connectivity index (χ1) is 15.2. The van der Waals surface area contributed by atoms with Crippen molar-refractivity contribution >= 4 is 21.6 Å². The number of halogens is 3. The summed E-state index contributed by atoms with van der Waals surface area (Å²) >= 11 is 0. The van der Waals surface area contributed by atoms with Gasteiger partial charge in [-0.3, -0.25) is 4.48 Å². The van der Waals surface area contributed by atoms with E-state index in [1.54, 1.807) is 26.0 Å². The zero-order valence-electron chi connectivity index (χ0n) is 19.0. The molecule has 2 aromatic rings. The third-order valence-electron chi connectivity index (χ3n) is 6.05. The van der Waals surface area contributed by atoms with Gasteiger partial charge in [-0.2, -0.15) is 13.2 Å². The first-order valence-electron chi connectivity index (χ1n) is 10.5. The van der Waals surface area contributed by atoms with Gasteiger partial charge in [-0.15, -0.1) is 0 Å². The number of hydrogen-bond donors (Lipinski definition) is 0. The molecule has 1 aliphatic heterocycles. The summed E-state index contributed by atoms with van der Waals surface area (Å²) in [5, 5.41) is 0. The number of rotatable bonds is 5. The smallest absolute Gasteiger partial charge is 0.378 e. The predicted octanol–water partition coefficient (Wildman–Crippen LogP) is 2.62. The monoisotopic (exact) mass is 486 g/mol. The van der Waals surface area contributed by atoms with Crippen LogP contribution in [0.25, 0.3) is 11.3 Å². The predicted molar refractivity (Wildman–Crippen MR) is 119 cm³/mol. The number of hydrogen-bond acceptors (Lipinski definition) is 7. The summed E-state index contributed by atoms with van der Waals surface area (Å²) in [5.74, 6) is 0.438. The number of aromatic nitrogens is 3. The van der Waals surface area contributed by atoms with Crippen molar-refractivity contribution in [2.75, 3.05) is 58.6 Å². The van der Waals surface area contributed by atoms with Crippen molar-refractivity contribution in [3.63, 3.8) is 0 Å². The highest BCUT2D eigenvalue weighted by molar-refractivity contribution is 7.91. The second-order valence-corrected chi connectivity index (χ2v) is 11.7. The third-order valence-corrected chi connectivity index (χ3v) is 8.08. The molecule has 2 aromatic heterocycles. The van der Waals surface area contributed by atoms with Gasteiger partial charge in [-0.1, -0.05) is 0 Å². The molecule has 180 valence electrons. The quantitative estimate of drug-likeness (QED) is 0.601. The molecule has 4 rings (SSSR count). The van der Waals surface area contributed by atoms with Crippen LogP contribution in [0.4, 0.5) is 24.9 Å². The Bertz CT molecular complexity index is 1170. The molecule has 1 saturated heterocycles. The van der Waals surface area contributed by atoms with Crippen molar-refractivity contribution in [2.45, 2.75) is 23.8 Å². The number of morpholine rings is 1. The Morgan fingerprint density at radius 2 is 1.73 bits per heavy atom. The zero-order valence-corrected chi connectivity index (χ0v) is 19.8. The van der Waals surface area contributed by atoms with Crippen molar-refractivity contribution in [1.82, 2.24) is 19.4 Å². The van der Waals surface area contributed by atoms with E-state index in [0.717, 1.165) is 18.5 Å². The Morgan fingerprint density at radius 1 is 1.09 bits per heavy atom. The molecular weight excluding hydrogens is 459 g/mol. The number of sulfone groups is 1. The molecule has 1 aliphatic carbocycles. The molecule has 2 aliphatic rings. The molecule has 0 bridgehead atoms. The highest BCUT2D eigenvalue weighted by Crippen LogP contribution is 2.52. The minimum Gasteiger partial charge on any atom is -0.378 e. The van der Waals surface area contributed by atoms with Crippen molar-refractivity contribution < 1.29 is 26.3 Å². The van der Waals surface area contributed by atoms with Gasteiger partial charge in [0.2, 0.25) is 11.8 Å². The molecular formula is C21H27F3N5O3S+. The van der Waals surface area contributed by atoms with E-state index >= 15 is 0 Å². The first kappa shape index (κ1) is 23.8. The van der Waals surface area contributed by atoms with E-state index in [2.05, 4.69) is 15.0 Å². The fraction of sp³-hybridized carbons (Fsp3) is 0.571. The summed E-state index contributed by atoms with van der Waals surface area (Å²) in [6.45, 7) is 1.76. The van der Waals surface area contributed by atoms with Gasteiger partial charge in [-0.05, 0) is 18.9 Å². The van der Waals surface area contributed by atoms with E-state index in [1.165, 1.54) is 6.07 Å². The van der Waals surface area contributed by atoms with E-state index in [9.17, 15) is 21.6 Å². The lowest BCUT2D eigenvalue weighted by Gasteiger charge is -2.28. The first-order valence-corrected chi connectivity index (χ1v) is 12.4. The standard InChI is InChI=1S/C21H27F3N5O3S/c1-29(2,3)18-11-15(21(22,23)24)14(13-25-18)16-12-17(20(5-6-20)33(4,30)31)27-19(26-16)28-7-9-32-10-8-28/h11-13H,5-10H2,1-4H3/q+1. The lowest BCUT2D eigenvalue weighted by atomic mass is 10.0. The summed E-state index contributed by atoms with van der Waals surface area (Å²) < 4.78 is 71.6. The number of alkyl halides is 3. The topological polar surface area (TPSA) is 85.3 Å².